The van der Waals surface area contributed by atoms with Crippen molar-refractivity contribution in [1.82, 2.24) is 0 Å². The lowest BCUT2D eigenvalue weighted by Gasteiger charge is -2.09. The van der Waals surface area contributed by atoms with Gasteiger partial charge < -0.3 is 5.11 Å². The van der Waals surface area contributed by atoms with E-state index in [9.17, 15) is 13.2 Å². The smallest absolute Gasteiger partial charge is 0.347 e. The van der Waals surface area contributed by atoms with Gasteiger partial charge in [-0.05, 0) is 48.4 Å². The highest BCUT2D eigenvalue weighted by molar-refractivity contribution is 7.98. The van der Waals surface area contributed by atoms with Crippen LogP contribution in [-0.4, -0.2) is 25.7 Å². The number of carboxylic acids is 1. The van der Waals surface area contributed by atoms with Gasteiger partial charge in [0.15, 0.2) is 0 Å². The van der Waals surface area contributed by atoms with Crippen molar-refractivity contribution in [3.05, 3.63) is 40.1 Å². The third kappa shape index (κ3) is 3.39. The third-order valence-corrected chi connectivity index (χ3v) is 6.25. The van der Waals surface area contributed by atoms with Crippen LogP contribution in [0.3, 0.4) is 0 Å². The van der Waals surface area contributed by atoms with Crippen LogP contribution in [0.4, 0.5) is 5.69 Å². The molecule has 0 bridgehead atoms. The van der Waals surface area contributed by atoms with E-state index in [1.807, 2.05) is 6.26 Å². The number of carbonyl (C=O) groups is 1. The quantitative estimate of drug-likeness (QED) is 0.814. The molecule has 0 radical (unpaired) electrons. The lowest BCUT2D eigenvalue weighted by Crippen LogP contribution is -2.16. The van der Waals surface area contributed by atoms with Gasteiger partial charge >= 0.3 is 5.97 Å². The Kier molecular flexibility index (Phi) is 4.60. The molecule has 0 saturated heterocycles. The summed E-state index contributed by atoms with van der Waals surface area (Å²) in [7, 11) is -3.92. The zero-order valence-corrected chi connectivity index (χ0v) is 13.7. The summed E-state index contributed by atoms with van der Waals surface area (Å²) in [4.78, 5) is 11.8. The maximum absolute atomic E-state index is 12.4. The van der Waals surface area contributed by atoms with Gasteiger partial charge in [0, 0.05) is 10.6 Å². The van der Waals surface area contributed by atoms with E-state index >= 15 is 0 Å². The molecule has 1 aromatic heterocycles. The zero-order chi connectivity index (χ0) is 15.6. The Morgan fingerprint density at radius 2 is 1.90 bits per heavy atom. The van der Waals surface area contributed by atoms with Gasteiger partial charge in [0.1, 0.15) is 9.77 Å². The van der Waals surface area contributed by atoms with E-state index in [-0.39, 0.29) is 9.77 Å². The Morgan fingerprint density at radius 1 is 1.29 bits per heavy atom. The average molecular weight is 343 g/mol. The Hall–Kier alpha value is -1.51. The van der Waals surface area contributed by atoms with Gasteiger partial charge in [-0.1, -0.05) is 0 Å². The number of anilines is 1. The summed E-state index contributed by atoms with van der Waals surface area (Å²) in [6.07, 6.45) is 1.92. The molecule has 5 nitrogen and oxygen atoms in total. The second kappa shape index (κ2) is 6.08. The minimum Gasteiger partial charge on any atom is -0.477 e. The second-order valence-electron chi connectivity index (χ2n) is 4.22. The molecule has 1 aromatic carbocycles. The van der Waals surface area contributed by atoms with Crippen LogP contribution in [0.5, 0.6) is 0 Å². The first-order chi connectivity index (χ1) is 9.85. The summed E-state index contributed by atoms with van der Waals surface area (Å²) in [5.41, 5.74) is 0.820. The first kappa shape index (κ1) is 15.9. The summed E-state index contributed by atoms with van der Waals surface area (Å²) < 4.78 is 27.2. The number of hydrogen-bond acceptors (Lipinski definition) is 5. The summed E-state index contributed by atoms with van der Waals surface area (Å²) in [5.74, 6) is -1.24. The Balaban J connectivity index is 2.38. The topological polar surface area (TPSA) is 83.5 Å². The number of rotatable bonds is 5. The van der Waals surface area contributed by atoms with E-state index in [0.29, 0.717) is 11.3 Å². The maximum atomic E-state index is 12.4. The molecule has 2 aromatic rings. The fourth-order valence-electron chi connectivity index (χ4n) is 1.78. The molecule has 0 aliphatic rings. The van der Waals surface area contributed by atoms with Crippen LogP contribution in [-0.2, 0) is 10.0 Å². The number of hydrogen-bond donors (Lipinski definition) is 2. The molecule has 2 rings (SSSR count). The summed E-state index contributed by atoms with van der Waals surface area (Å²) >= 11 is 2.45. The highest BCUT2D eigenvalue weighted by Gasteiger charge is 2.26. The molecule has 0 unspecified atom stereocenters. The first-order valence-corrected chi connectivity index (χ1v) is 9.42. The molecular weight excluding hydrogens is 330 g/mol. The number of nitrogens with one attached hydrogen (secondary N) is 1. The zero-order valence-electron chi connectivity index (χ0n) is 11.3. The molecule has 1 heterocycles. The fourth-order valence-corrected chi connectivity index (χ4v) is 4.88. The van der Waals surface area contributed by atoms with Crippen LogP contribution in [0.25, 0.3) is 0 Å². The molecule has 0 aliphatic carbocycles. The standard InChI is InChI=1S/C13H13NO4S3/c1-8-7-20-11(13(15)16)12(8)21(17,18)14-9-3-5-10(19-2)6-4-9/h3-7,14H,1-2H3,(H,15,16). The normalized spacial score (nSPS) is 11.3. The van der Waals surface area contributed by atoms with Crippen molar-refractivity contribution in [1.29, 1.82) is 0 Å². The predicted octanol–water partition coefficient (Wildman–Crippen LogP) is 3.28. The van der Waals surface area contributed by atoms with E-state index < -0.39 is 16.0 Å². The van der Waals surface area contributed by atoms with Crippen molar-refractivity contribution in [2.24, 2.45) is 0 Å². The van der Waals surface area contributed by atoms with Crippen molar-refractivity contribution in [3.8, 4) is 0 Å². The average Bonchev–Trinajstić information content (AvgIpc) is 2.82. The molecule has 0 aliphatic heterocycles. The van der Waals surface area contributed by atoms with Crippen LogP contribution in [0, 0.1) is 6.92 Å². The van der Waals surface area contributed by atoms with Crippen LogP contribution < -0.4 is 4.72 Å². The number of benzene rings is 1. The van der Waals surface area contributed by atoms with E-state index in [1.54, 1.807) is 43.0 Å². The molecule has 0 atom stereocenters. The SMILES string of the molecule is CSc1ccc(NS(=O)(=O)c2c(C)csc2C(=O)O)cc1. The van der Waals surface area contributed by atoms with Crippen molar-refractivity contribution in [3.63, 3.8) is 0 Å². The number of aryl methyl sites for hydroxylation is 1. The summed E-state index contributed by atoms with van der Waals surface area (Å²) in [6.45, 7) is 1.58. The minimum atomic E-state index is -3.92. The summed E-state index contributed by atoms with van der Waals surface area (Å²) in [5, 5.41) is 10.6. The van der Waals surface area contributed by atoms with Gasteiger partial charge in [-0.25, -0.2) is 13.2 Å². The van der Waals surface area contributed by atoms with E-state index in [0.717, 1.165) is 16.2 Å². The van der Waals surface area contributed by atoms with Crippen molar-refractivity contribution >= 4 is 44.8 Å². The molecule has 0 fully saturated rings. The monoisotopic (exact) mass is 343 g/mol. The molecule has 0 spiro atoms. The first-order valence-electron chi connectivity index (χ1n) is 5.83. The van der Waals surface area contributed by atoms with Crippen LogP contribution >= 0.6 is 23.1 Å². The van der Waals surface area contributed by atoms with E-state index in [1.165, 1.54) is 5.38 Å². The highest BCUT2D eigenvalue weighted by Crippen LogP contribution is 2.29. The number of thioether (sulfide) groups is 1. The fraction of sp³-hybridized carbons (Fsp3) is 0.154. The van der Waals surface area contributed by atoms with Crippen LogP contribution in [0.1, 0.15) is 15.2 Å². The van der Waals surface area contributed by atoms with E-state index in [4.69, 9.17) is 5.11 Å². The Labute approximate surface area is 131 Å². The number of aromatic carboxylic acids is 1. The molecule has 8 heteroatoms. The Bertz CT molecular complexity index is 763. The highest BCUT2D eigenvalue weighted by atomic mass is 32.2. The molecule has 21 heavy (non-hydrogen) atoms. The molecule has 0 amide bonds. The van der Waals surface area contributed by atoms with Gasteiger partial charge in [-0.3, -0.25) is 4.72 Å². The number of thiophene rings is 1. The van der Waals surface area contributed by atoms with E-state index in [2.05, 4.69) is 4.72 Å². The van der Waals surface area contributed by atoms with Gasteiger partial charge in [0.25, 0.3) is 10.0 Å². The largest absolute Gasteiger partial charge is 0.477 e. The second-order valence-corrected chi connectivity index (χ2v) is 7.59. The lowest BCUT2D eigenvalue weighted by molar-refractivity contribution is 0.0698. The van der Waals surface area contributed by atoms with Crippen molar-refractivity contribution in [2.75, 3.05) is 11.0 Å². The minimum absolute atomic E-state index is 0.172. The van der Waals surface area contributed by atoms with Crippen molar-refractivity contribution in [2.45, 2.75) is 16.7 Å². The molecule has 0 saturated carbocycles. The van der Waals surface area contributed by atoms with Crippen molar-refractivity contribution < 1.29 is 18.3 Å². The molecule has 112 valence electrons. The van der Waals surface area contributed by atoms with Gasteiger partial charge in [0.05, 0.1) is 0 Å². The summed E-state index contributed by atoms with van der Waals surface area (Å²) in [6, 6.07) is 6.87. The number of carboxylic acid groups (broad SMARTS) is 1. The van der Waals surface area contributed by atoms with Gasteiger partial charge in [-0.15, -0.1) is 23.1 Å². The molecule has 2 N–H and O–H groups in total. The number of sulfonamides is 1. The maximum Gasteiger partial charge on any atom is 0.347 e. The lowest BCUT2D eigenvalue weighted by atomic mass is 10.3. The molecular formula is C13H13NO4S3. The Morgan fingerprint density at radius 3 is 2.43 bits per heavy atom. The van der Waals surface area contributed by atoms with Gasteiger partial charge in [0.2, 0.25) is 0 Å². The van der Waals surface area contributed by atoms with Gasteiger partial charge in [-0.2, -0.15) is 0 Å². The third-order valence-electron chi connectivity index (χ3n) is 2.72. The van der Waals surface area contributed by atoms with Crippen LogP contribution in [0.15, 0.2) is 39.4 Å². The van der Waals surface area contributed by atoms with Crippen LogP contribution in [0.2, 0.25) is 0 Å². The predicted molar refractivity (Wildman–Crippen MR) is 85.0 cm³/mol.